The van der Waals surface area contributed by atoms with Gasteiger partial charge in [-0.1, -0.05) is 0 Å². The lowest BCUT2D eigenvalue weighted by Gasteiger charge is -1.94. The molecule has 0 aromatic carbocycles. The maximum absolute atomic E-state index is 11.2. The van der Waals surface area contributed by atoms with Crippen molar-refractivity contribution in [3.8, 4) is 0 Å². The Bertz CT molecular complexity index is 258. The molecule has 0 atom stereocenters. The normalized spacial score (nSPS) is 9.73. The van der Waals surface area contributed by atoms with E-state index in [-0.39, 0.29) is 5.91 Å². The van der Waals surface area contributed by atoms with Crippen molar-refractivity contribution in [2.45, 2.75) is 0 Å². The molecule has 1 rings (SSSR count). The molecule has 0 aliphatic carbocycles. The highest BCUT2D eigenvalue weighted by Crippen LogP contribution is 1.89. The molecule has 4 heteroatoms. The Kier molecular flexibility index (Phi) is 1.94. The van der Waals surface area contributed by atoms with Crippen molar-refractivity contribution in [2.24, 2.45) is 14.1 Å². The molecular formula is C7H12N3O+. The van der Waals surface area contributed by atoms with E-state index in [1.165, 1.54) is 0 Å². The molecule has 0 unspecified atom stereocenters. The lowest BCUT2D eigenvalue weighted by atomic mass is 10.5. The summed E-state index contributed by atoms with van der Waals surface area (Å²) in [5.41, 5.74) is 0. The van der Waals surface area contributed by atoms with E-state index in [1.54, 1.807) is 16.2 Å². The summed E-state index contributed by atoms with van der Waals surface area (Å²) in [7, 11) is 5.30. The van der Waals surface area contributed by atoms with Gasteiger partial charge in [0.25, 0.3) is 0 Å². The Morgan fingerprint density at radius 2 is 2.36 bits per heavy atom. The molecule has 0 spiro atoms. The molecule has 0 aliphatic heterocycles. The molecule has 1 amide bonds. The number of carbonyl (C=O) groups excluding carboxylic acids is 1. The van der Waals surface area contributed by atoms with Crippen molar-refractivity contribution in [1.82, 2.24) is 9.88 Å². The van der Waals surface area contributed by atoms with E-state index in [9.17, 15) is 4.79 Å². The lowest BCUT2D eigenvalue weighted by Crippen LogP contribution is -2.39. The Balaban J connectivity index is 3.10. The summed E-state index contributed by atoms with van der Waals surface area (Å²) >= 11 is 0. The van der Waals surface area contributed by atoms with Gasteiger partial charge < -0.3 is 5.32 Å². The van der Waals surface area contributed by atoms with E-state index in [2.05, 4.69) is 5.32 Å². The van der Waals surface area contributed by atoms with Gasteiger partial charge in [-0.15, -0.1) is 0 Å². The van der Waals surface area contributed by atoms with E-state index in [1.807, 2.05) is 26.5 Å². The van der Waals surface area contributed by atoms with Gasteiger partial charge in [0, 0.05) is 7.05 Å². The fourth-order valence-electron chi connectivity index (χ4n) is 1.02. The van der Waals surface area contributed by atoms with Crippen molar-refractivity contribution >= 4 is 5.91 Å². The highest BCUT2D eigenvalue weighted by Gasteiger charge is 2.18. The van der Waals surface area contributed by atoms with Crippen LogP contribution in [0.1, 0.15) is 10.6 Å². The molecule has 1 N–H and O–H groups in total. The van der Waals surface area contributed by atoms with Crippen LogP contribution in [-0.2, 0) is 14.1 Å². The average Bonchev–Trinajstić information content (AvgIpc) is 2.30. The zero-order valence-electron chi connectivity index (χ0n) is 6.96. The fourth-order valence-corrected chi connectivity index (χ4v) is 1.02. The van der Waals surface area contributed by atoms with E-state index in [0.717, 1.165) is 0 Å². The summed E-state index contributed by atoms with van der Waals surface area (Å²) < 4.78 is 3.55. The van der Waals surface area contributed by atoms with Crippen molar-refractivity contribution in [3.63, 3.8) is 0 Å². The van der Waals surface area contributed by atoms with Crippen LogP contribution in [0.5, 0.6) is 0 Å². The van der Waals surface area contributed by atoms with Gasteiger partial charge in [0.05, 0.1) is 14.1 Å². The molecule has 1 aromatic rings. The summed E-state index contributed by atoms with van der Waals surface area (Å²) in [6.45, 7) is 0. The zero-order chi connectivity index (χ0) is 8.43. The van der Waals surface area contributed by atoms with Crippen LogP contribution < -0.4 is 9.88 Å². The second-order valence-corrected chi connectivity index (χ2v) is 2.42. The maximum Gasteiger partial charge on any atom is 0.347 e. The second kappa shape index (κ2) is 2.74. The zero-order valence-corrected chi connectivity index (χ0v) is 6.96. The van der Waals surface area contributed by atoms with E-state index < -0.39 is 0 Å². The van der Waals surface area contributed by atoms with Gasteiger partial charge in [-0.25, -0.2) is 9.13 Å². The van der Waals surface area contributed by atoms with E-state index in [0.29, 0.717) is 5.82 Å². The number of amides is 1. The van der Waals surface area contributed by atoms with Gasteiger partial charge in [0.15, 0.2) is 0 Å². The number of nitrogens with zero attached hydrogens (tertiary/aromatic N) is 2. The third-order valence-corrected chi connectivity index (χ3v) is 1.61. The maximum atomic E-state index is 11.2. The van der Waals surface area contributed by atoms with Crippen LogP contribution in [-0.4, -0.2) is 17.5 Å². The lowest BCUT2D eigenvalue weighted by molar-refractivity contribution is -0.673. The highest BCUT2D eigenvalue weighted by molar-refractivity contribution is 5.89. The second-order valence-electron chi connectivity index (χ2n) is 2.42. The average molecular weight is 154 g/mol. The largest absolute Gasteiger partial charge is 0.349 e. The number of hydrogen-bond donors (Lipinski definition) is 1. The summed E-state index contributed by atoms with van der Waals surface area (Å²) in [6.07, 6.45) is 3.68. The van der Waals surface area contributed by atoms with Crippen LogP contribution in [0.2, 0.25) is 0 Å². The molecule has 4 nitrogen and oxygen atoms in total. The van der Waals surface area contributed by atoms with Crippen LogP contribution >= 0.6 is 0 Å². The Hall–Kier alpha value is -1.32. The first-order valence-corrected chi connectivity index (χ1v) is 3.40. The molecule has 60 valence electrons. The molecule has 0 saturated heterocycles. The molecule has 0 bridgehead atoms. The number of carbonyl (C=O) groups is 1. The first-order valence-electron chi connectivity index (χ1n) is 3.40. The summed E-state index contributed by atoms with van der Waals surface area (Å²) in [4.78, 5) is 11.2. The number of nitrogens with one attached hydrogen (secondary N) is 1. The number of rotatable bonds is 1. The SMILES string of the molecule is CNC(=O)c1n(C)cc[n+]1C. The summed E-state index contributed by atoms with van der Waals surface area (Å²) in [6, 6.07) is 0. The molecule has 1 aromatic heterocycles. The van der Waals surface area contributed by atoms with Crippen LogP contribution in [0.25, 0.3) is 0 Å². The van der Waals surface area contributed by atoms with Crippen molar-refractivity contribution in [2.75, 3.05) is 7.05 Å². The van der Waals surface area contributed by atoms with Crippen molar-refractivity contribution in [3.05, 3.63) is 18.2 Å². The number of imidazole rings is 1. The number of hydrogen-bond acceptors (Lipinski definition) is 1. The Labute approximate surface area is 65.5 Å². The fraction of sp³-hybridized carbons (Fsp3) is 0.429. The Morgan fingerprint density at radius 1 is 1.73 bits per heavy atom. The number of aromatic nitrogens is 2. The van der Waals surface area contributed by atoms with Crippen LogP contribution in [0.4, 0.5) is 0 Å². The van der Waals surface area contributed by atoms with E-state index in [4.69, 9.17) is 0 Å². The Morgan fingerprint density at radius 3 is 2.73 bits per heavy atom. The molecule has 0 saturated carbocycles. The van der Waals surface area contributed by atoms with Gasteiger partial charge in [0.1, 0.15) is 12.4 Å². The van der Waals surface area contributed by atoms with Gasteiger partial charge in [-0.05, 0) is 0 Å². The highest BCUT2D eigenvalue weighted by atomic mass is 16.2. The first kappa shape index (κ1) is 7.78. The van der Waals surface area contributed by atoms with Gasteiger partial charge in [-0.2, -0.15) is 0 Å². The minimum atomic E-state index is -0.0694. The number of aryl methyl sites for hydroxylation is 2. The van der Waals surface area contributed by atoms with Crippen LogP contribution in [0.15, 0.2) is 12.4 Å². The van der Waals surface area contributed by atoms with E-state index >= 15 is 0 Å². The third-order valence-electron chi connectivity index (χ3n) is 1.61. The topological polar surface area (TPSA) is 37.9 Å². The molecule has 1 heterocycles. The molecular weight excluding hydrogens is 142 g/mol. The van der Waals surface area contributed by atoms with Crippen molar-refractivity contribution < 1.29 is 9.36 Å². The van der Waals surface area contributed by atoms with Gasteiger partial charge in [-0.3, -0.25) is 4.79 Å². The quantitative estimate of drug-likeness (QED) is 0.529. The third kappa shape index (κ3) is 1.24. The minimum Gasteiger partial charge on any atom is -0.349 e. The summed E-state index contributed by atoms with van der Waals surface area (Å²) in [5.74, 6) is 0.576. The smallest absolute Gasteiger partial charge is 0.347 e. The summed E-state index contributed by atoms with van der Waals surface area (Å²) in [5, 5.41) is 2.57. The molecule has 11 heavy (non-hydrogen) atoms. The monoisotopic (exact) mass is 154 g/mol. The van der Waals surface area contributed by atoms with Crippen LogP contribution in [0, 0.1) is 0 Å². The van der Waals surface area contributed by atoms with Gasteiger partial charge in [0.2, 0.25) is 0 Å². The predicted molar refractivity (Wildman–Crippen MR) is 40.0 cm³/mol. The predicted octanol–water partition coefficient (Wildman–Crippen LogP) is -0.791. The van der Waals surface area contributed by atoms with Crippen LogP contribution in [0.3, 0.4) is 0 Å². The van der Waals surface area contributed by atoms with Gasteiger partial charge >= 0.3 is 11.7 Å². The van der Waals surface area contributed by atoms with Crippen molar-refractivity contribution in [1.29, 1.82) is 0 Å². The molecule has 0 fully saturated rings. The molecule has 0 aliphatic rings. The molecule has 0 radical (unpaired) electrons. The first-order chi connectivity index (χ1) is 5.16. The minimum absolute atomic E-state index is 0.0694. The standard InChI is InChI=1S/C7H11N3O/c1-8-6(11)7-9(2)4-5-10(7)3/h4-5H,1-3H3/p+1.